The summed E-state index contributed by atoms with van der Waals surface area (Å²) in [5, 5.41) is 8.68. The molecule has 0 atom stereocenters. The topological polar surface area (TPSA) is 71.8 Å². The highest BCUT2D eigenvalue weighted by molar-refractivity contribution is 5.61. The molecule has 0 aliphatic rings. The number of aromatic amines is 1. The predicted molar refractivity (Wildman–Crippen MR) is 69.8 cm³/mol. The molecule has 2 aromatic rings. The maximum atomic E-state index is 8.68. The first-order valence-electron chi connectivity index (χ1n) is 5.49. The van der Waals surface area contributed by atoms with Crippen LogP contribution in [0.4, 0.5) is 17.3 Å². The van der Waals surface area contributed by atoms with Gasteiger partial charge in [-0.15, -0.1) is 0 Å². The van der Waals surface area contributed by atoms with E-state index >= 15 is 0 Å². The van der Waals surface area contributed by atoms with Crippen molar-refractivity contribution < 1.29 is 0 Å². The minimum atomic E-state index is 0.296. The van der Waals surface area contributed by atoms with Gasteiger partial charge in [0.25, 0.3) is 0 Å². The zero-order valence-corrected chi connectivity index (χ0v) is 10.3. The second-order valence-electron chi connectivity index (χ2n) is 3.88. The number of nitrogens with zero attached hydrogens (tertiary/aromatic N) is 5. The summed E-state index contributed by atoms with van der Waals surface area (Å²) in [7, 11) is 3.76. The maximum absolute atomic E-state index is 8.68. The van der Waals surface area contributed by atoms with Crippen molar-refractivity contribution in [1.29, 1.82) is 5.26 Å². The molecule has 0 saturated heterocycles. The average molecular weight is 242 g/mol. The third kappa shape index (κ3) is 2.40. The first-order valence-corrected chi connectivity index (χ1v) is 5.49. The zero-order valence-electron chi connectivity index (χ0n) is 10.3. The van der Waals surface area contributed by atoms with E-state index in [0.29, 0.717) is 6.54 Å². The summed E-state index contributed by atoms with van der Waals surface area (Å²) >= 11 is 0. The molecular weight excluding hydrogens is 228 g/mol. The normalized spacial score (nSPS) is 9.83. The number of aromatic nitrogens is 3. The van der Waals surface area contributed by atoms with E-state index in [4.69, 9.17) is 5.26 Å². The third-order valence-electron chi connectivity index (χ3n) is 2.65. The molecule has 1 N–H and O–H groups in total. The summed E-state index contributed by atoms with van der Waals surface area (Å²) in [6.45, 7) is 0.296. The first-order chi connectivity index (χ1) is 8.72. The molecule has 2 rings (SSSR count). The monoisotopic (exact) mass is 242 g/mol. The van der Waals surface area contributed by atoms with Crippen LogP contribution in [-0.4, -0.2) is 35.6 Å². The molecule has 0 fully saturated rings. The standard InChI is InChI=1S/C12H14N6/c1-17(6-4-13)11-7-12(16-9-15-11)18(2)10-3-5-14-8-10/h3,5,7-9,14H,6H2,1-2H3. The molecule has 2 heterocycles. The Labute approximate surface area is 106 Å². The lowest BCUT2D eigenvalue weighted by molar-refractivity contribution is 0.971. The lowest BCUT2D eigenvalue weighted by atomic mass is 10.4. The minimum Gasteiger partial charge on any atom is -0.366 e. The van der Waals surface area contributed by atoms with E-state index in [9.17, 15) is 0 Å². The molecule has 0 aliphatic carbocycles. The Balaban J connectivity index is 2.25. The van der Waals surface area contributed by atoms with Crippen molar-refractivity contribution in [2.24, 2.45) is 0 Å². The van der Waals surface area contributed by atoms with Crippen molar-refractivity contribution in [3.05, 3.63) is 30.9 Å². The third-order valence-corrected chi connectivity index (χ3v) is 2.65. The van der Waals surface area contributed by atoms with Crippen LogP contribution in [0, 0.1) is 11.3 Å². The average Bonchev–Trinajstić information content (AvgIpc) is 2.92. The van der Waals surface area contributed by atoms with Crippen LogP contribution in [0.25, 0.3) is 0 Å². The van der Waals surface area contributed by atoms with Crippen LogP contribution in [0.15, 0.2) is 30.9 Å². The van der Waals surface area contributed by atoms with Gasteiger partial charge in [0.2, 0.25) is 0 Å². The van der Waals surface area contributed by atoms with Gasteiger partial charge in [0.05, 0.1) is 11.8 Å². The number of rotatable bonds is 4. The van der Waals surface area contributed by atoms with Crippen LogP contribution >= 0.6 is 0 Å². The smallest absolute Gasteiger partial charge is 0.138 e. The molecule has 92 valence electrons. The van der Waals surface area contributed by atoms with Gasteiger partial charge < -0.3 is 14.8 Å². The number of nitriles is 1. The van der Waals surface area contributed by atoms with Crippen molar-refractivity contribution in [2.45, 2.75) is 0 Å². The second kappa shape index (κ2) is 5.19. The number of hydrogen-bond donors (Lipinski definition) is 1. The molecule has 0 bridgehead atoms. The molecule has 0 spiro atoms. The molecular formula is C12H14N6. The van der Waals surface area contributed by atoms with Gasteiger partial charge >= 0.3 is 0 Å². The molecule has 0 aromatic carbocycles. The SMILES string of the molecule is CN(CC#N)c1cc(N(C)c2cc[nH]c2)ncn1. The summed E-state index contributed by atoms with van der Waals surface area (Å²) < 4.78 is 0. The molecule has 6 nitrogen and oxygen atoms in total. The molecule has 18 heavy (non-hydrogen) atoms. The van der Waals surface area contributed by atoms with Crippen LogP contribution in [0.1, 0.15) is 0 Å². The van der Waals surface area contributed by atoms with Gasteiger partial charge in [0, 0.05) is 32.6 Å². The first kappa shape index (κ1) is 11.9. The fraction of sp³-hybridized carbons (Fsp3) is 0.250. The number of H-pyrrole nitrogens is 1. The van der Waals surface area contributed by atoms with Crippen molar-refractivity contribution >= 4 is 17.3 Å². The highest BCUT2D eigenvalue weighted by atomic mass is 15.2. The van der Waals surface area contributed by atoms with Crippen LogP contribution in [-0.2, 0) is 0 Å². The molecule has 2 aromatic heterocycles. The van der Waals surface area contributed by atoms with Crippen LogP contribution in [0.5, 0.6) is 0 Å². The van der Waals surface area contributed by atoms with Crippen molar-refractivity contribution in [3.8, 4) is 6.07 Å². The van der Waals surface area contributed by atoms with Crippen molar-refractivity contribution in [3.63, 3.8) is 0 Å². The molecule has 0 saturated carbocycles. The van der Waals surface area contributed by atoms with E-state index in [0.717, 1.165) is 17.3 Å². The van der Waals surface area contributed by atoms with Crippen molar-refractivity contribution in [1.82, 2.24) is 15.0 Å². The molecule has 0 unspecified atom stereocenters. The van der Waals surface area contributed by atoms with E-state index in [1.807, 2.05) is 43.5 Å². The van der Waals surface area contributed by atoms with Crippen LogP contribution < -0.4 is 9.80 Å². The Morgan fingerprint density at radius 1 is 1.33 bits per heavy atom. The van der Waals surface area contributed by atoms with Gasteiger partial charge in [-0.2, -0.15) is 5.26 Å². The predicted octanol–water partition coefficient (Wildman–Crippen LogP) is 1.53. The molecule has 6 heteroatoms. The van der Waals surface area contributed by atoms with E-state index in [1.165, 1.54) is 6.33 Å². The summed E-state index contributed by atoms with van der Waals surface area (Å²) in [5.41, 5.74) is 1.02. The Hall–Kier alpha value is -2.55. The number of nitrogens with one attached hydrogen (secondary N) is 1. The second-order valence-corrected chi connectivity index (χ2v) is 3.88. The maximum Gasteiger partial charge on any atom is 0.138 e. The molecule has 0 amide bonds. The Morgan fingerprint density at radius 2 is 2.11 bits per heavy atom. The summed E-state index contributed by atoms with van der Waals surface area (Å²) in [4.78, 5) is 15.1. The van der Waals surface area contributed by atoms with E-state index in [2.05, 4.69) is 21.0 Å². The zero-order chi connectivity index (χ0) is 13.0. The largest absolute Gasteiger partial charge is 0.366 e. The van der Waals surface area contributed by atoms with Gasteiger partial charge in [0.1, 0.15) is 24.5 Å². The number of hydrogen-bond acceptors (Lipinski definition) is 5. The van der Waals surface area contributed by atoms with Gasteiger partial charge in [-0.25, -0.2) is 9.97 Å². The lowest BCUT2D eigenvalue weighted by Crippen LogP contribution is -2.19. The Kier molecular flexibility index (Phi) is 3.44. The quantitative estimate of drug-likeness (QED) is 0.823. The summed E-state index contributed by atoms with van der Waals surface area (Å²) in [6.07, 6.45) is 5.25. The van der Waals surface area contributed by atoms with Crippen LogP contribution in [0.2, 0.25) is 0 Å². The number of anilines is 3. The van der Waals surface area contributed by atoms with E-state index in [1.54, 1.807) is 4.90 Å². The molecule has 0 radical (unpaired) electrons. The van der Waals surface area contributed by atoms with E-state index in [-0.39, 0.29) is 0 Å². The van der Waals surface area contributed by atoms with Crippen molar-refractivity contribution in [2.75, 3.05) is 30.4 Å². The van der Waals surface area contributed by atoms with Gasteiger partial charge in [0.15, 0.2) is 0 Å². The van der Waals surface area contributed by atoms with Gasteiger partial charge in [-0.3, -0.25) is 0 Å². The minimum absolute atomic E-state index is 0.296. The van der Waals surface area contributed by atoms with Gasteiger partial charge in [-0.05, 0) is 6.07 Å². The fourth-order valence-electron chi connectivity index (χ4n) is 1.57. The van der Waals surface area contributed by atoms with E-state index < -0.39 is 0 Å². The van der Waals surface area contributed by atoms with Gasteiger partial charge in [-0.1, -0.05) is 0 Å². The lowest BCUT2D eigenvalue weighted by Gasteiger charge is -2.19. The fourth-order valence-corrected chi connectivity index (χ4v) is 1.57. The highest BCUT2D eigenvalue weighted by Gasteiger charge is 2.09. The summed E-state index contributed by atoms with van der Waals surface area (Å²) in [6, 6.07) is 5.90. The summed E-state index contributed by atoms with van der Waals surface area (Å²) in [5.74, 6) is 1.51. The highest BCUT2D eigenvalue weighted by Crippen LogP contribution is 2.22. The molecule has 0 aliphatic heterocycles. The Morgan fingerprint density at radius 3 is 2.78 bits per heavy atom. The Bertz CT molecular complexity index is 542. The van der Waals surface area contributed by atoms with Crippen LogP contribution in [0.3, 0.4) is 0 Å².